The van der Waals surface area contributed by atoms with Gasteiger partial charge in [0.2, 0.25) is 0 Å². The van der Waals surface area contributed by atoms with Crippen molar-refractivity contribution in [3.05, 3.63) is 24.3 Å². The molecule has 0 atom stereocenters. The largest absolute Gasteiger partial charge is 0.492 e. The monoisotopic (exact) mass is 320 g/mol. The van der Waals surface area contributed by atoms with Gasteiger partial charge in [-0.2, -0.15) is 0 Å². The molecule has 0 radical (unpaired) electrons. The van der Waals surface area contributed by atoms with E-state index in [1.165, 1.54) is 25.9 Å². The summed E-state index contributed by atoms with van der Waals surface area (Å²) in [6, 6.07) is 7.47. The summed E-state index contributed by atoms with van der Waals surface area (Å²) in [5.74, 6) is 0.674. The van der Waals surface area contributed by atoms with Gasteiger partial charge >= 0.3 is 0 Å². The molecule has 5 nitrogen and oxygen atoms in total. The van der Waals surface area contributed by atoms with E-state index in [1.54, 1.807) is 13.8 Å². The van der Waals surface area contributed by atoms with Crippen molar-refractivity contribution < 1.29 is 14.3 Å². The van der Waals surface area contributed by atoms with Crippen LogP contribution in [0.25, 0.3) is 0 Å². The minimum atomic E-state index is -0.834. The SMILES string of the molecule is CCOC(C)(C)C(=O)Nc1ccc(OCCN2CCCC2)cc1. The molecular formula is C18H28N2O3. The Morgan fingerprint density at radius 2 is 1.87 bits per heavy atom. The van der Waals surface area contributed by atoms with Gasteiger partial charge in [-0.05, 0) is 71.0 Å². The van der Waals surface area contributed by atoms with Crippen molar-refractivity contribution in [2.24, 2.45) is 0 Å². The van der Waals surface area contributed by atoms with E-state index in [1.807, 2.05) is 31.2 Å². The van der Waals surface area contributed by atoms with Crippen molar-refractivity contribution in [3.8, 4) is 5.75 Å². The second-order valence-corrected chi connectivity index (χ2v) is 6.32. The molecule has 0 spiro atoms. The van der Waals surface area contributed by atoms with Crippen LogP contribution in [0.3, 0.4) is 0 Å². The molecule has 2 rings (SSSR count). The van der Waals surface area contributed by atoms with Gasteiger partial charge in [-0.15, -0.1) is 0 Å². The maximum absolute atomic E-state index is 12.2. The molecule has 1 aliphatic rings. The summed E-state index contributed by atoms with van der Waals surface area (Å²) in [5, 5.41) is 2.87. The lowest BCUT2D eigenvalue weighted by molar-refractivity contribution is -0.136. The Bertz CT molecular complexity index is 493. The third kappa shape index (κ3) is 5.52. The number of carbonyl (C=O) groups excluding carboxylic acids is 1. The zero-order valence-corrected chi connectivity index (χ0v) is 14.4. The molecule has 1 aromatic rings. The lowest BCUT2D eigenvalue weighted by Gasteiger charge is -2.23. The van der Waals surface area contributed by atoms with E-state index in [2.05, 4.69) is 10.2 Å². The maximum atomic E-state index is 12.2. The Hall–Kier alpha value is -1.59. The quantitative estimate of drug-likeness (QED) is 0.800. The van der Waals surface area contributed by atoms with Gasteiger partial charge in [0.25, 0.3) is 5.91 Å². The van der Waals surface area contributed by atoms with Gasteiger partial charge in [0.15, 0.2) is 0 Å². The van der Waals surface area contributed by atoms with Crippen LogP contribution < -0.4 is 10.1 Å². The van der Waals surface area contributed by atoms with Crippen LogP contribution in [0.4, 0.5) is 5.69 Å². The molecule has 1 N–H and O–H groups in total. The highest BCUT2D eigenvalue weighted by atomic mass is 16.5. The summed E-state index contributed by atoms with van der Waals surface area (Å²) in [7, 11) is 0. The molecule has 1 fully saturated rings. The summed E-state index contributed by atoms with van der Waals surface area (Å²) in [4.78, 5) is 14.6. The molecule has 1 saturated heterocycles. The number of carbonyl (C=O) groups is 1. The zero-order valence-electron chi connectivity index (χ0n) is 14.4. The molecule has 0 aromatic heterocycles. The first-order valence-electron chi connectivity index (χ1n) is 8.42. The molecule has 0 unspecified atom stereocenters. The number of rotatable bonds is 8. The third-order valence-corrected chi connectivity index (χ3v) is 4.04. The van der Waals surface area contributed by atoms with Crippen molar-refractivity contribution in [1.29, 1.82) is 0 Å². The maximum Gasteiger partial charge on any atom is 0.256 e. The fraction of sp³-hybridized carbons (Fsp3) is 0.611. The van der Waals surface area contributed by atoms with E-state index in [9.17, 15) is 4.79 Å². The predicted molar refractivity (Wildman–Crippen MR) is 91.9 cm³/mol. The summed E-state index contributed by atoms with van der Waals surface area (Å²) in [6.07, 6.45) is 2.60. The number of amides is 1. The molecule has 1 aromatic carbocycles. The van der Waals surface area contributed by atoms with E-state index in [-0.39, 0.29) is 5.91 Å². The Morgan fingerprint density at radius 3 is 2.48 bits per heavy atom. The number of hydrogen-bond donors (Lipinski definition) is 1. The Morgan fingerprint density at radius 1 is 1.22 bits per heavy atom. The first kappa shape index (κ1) is 17.8. The van der Waals surface area contributed by atoms with Crippen LogP contribution in [0.1, 0.15) is 33.6 Å². The number of hydrogen-bond acceptors (Lipinski definition) is 4. The van der Waals surface area contributed by atoms with Crippen molar-refractivity contribution in [1.82, 2.24) is 4.90 Å². The van der Waals surface area contributed by atoms with Crippen molar-refractivity contribution in [3.63, 3.8) is 0 Å². The highest BCUT2D eigenvalue weighted by molar-refractivity contribution is 5.96. The molecule has 5 heteroatoms. The second-order valence-electron chi connectivity index (χ2n) is 6.32. The molecule has 0 saturated carbocycles. The van der Waals surface area contributed by atoms with Gasteiger partial charge in [-0.3, -0.25) is 9.69 Å². The van der Waals surface area contributed by atoms with E-state index in [0.717, 1.165) is 18.0 Å². The summed E-state index contributed by atoms with van der Waals surface area (Å²) >= 11 is 0. The van der Waals surface area contributed by atoms with Crippen LogP contribution in [0.2, 0.25) is 0 Å². The van der Waals surface area contributed by atoms with E-state index in [0.29, 0.717) is 13.2 Å². The van der Waals surface area contributed by atoms with Crippen LogP contribution in [0.5, 0.6) is 5.75 Å². The fourth-order valence-corrected chi connectivity index (χ4v) is 2.64. The number of nitrogens with one attached hydrogen (secondary N) is 1. The Labute approximate surface area is 139 Å². The van der Waals surface area contributed by atoms with E-state index in [4.69, 9.17) is 9.47 Å². The van der Waals surface area contributed by atoms with Gasteiger partial charge in [0, 0.05) is 18.8 Å². The molecule has 1 heterocycles. The van der Waals surface area contributed by atoms with E-state index >= 15 is 0 Å². The first-order valence-corrected chi connectivity index (χ1v) is 8.42. The van der Waals surface area contributed by atoms with E-state index < -0.39 is 5.60 Å². The van der Waals surface area contributed by atoms with Gasteiger partial charge in [0.05, 0.1) is 0 Å². The average Bonchev–Trinajstić information content (AvgIpc) is 3.02. The molecule has 1 amide bonds. The minimum Gasteiger partial charge on any atom is -0.492 e. The van der Waals surface area contributed by atoms with Crippen LogP contribution in [0, 0.1) is 0 Å². The van der Waals surface area contributed by atoms with Gasteiger partial charge in [-0.1, -0.05) is 0 Å². The van der Waals surface area contributed by atoms with Crippen LogP contribution in [-0.4, -0.2) is 49.3 Å². The smallest absolute Gasteiger partial charge is 0.256 e. The number of likely N-dealkylation sites (tertiary alicyclic amines) is 1. The number of benzene rings is 1. The molecule has 0 aliphatic carbocycles. The Kier molecular flexibility index (Phi) is 6.42. The minimum absolute atomic E-state index is 0.151. The predicted octanol–water partition coefficient (Wildman–Crippen LogP) is 2.91. The van der Waals surface area contributed by atoms with Crippen LogP contribution in [0.15, 0.2) is 24.3 Å². The first-order chi connectivity index (χ1) is 11.0. The summed E-state index contributed by atoms with van der Waals surface area (Å²) < 4.78 is 11.2. The number of nitrogens with zero attached hydrogens (tertiary/aromatic N) is 1. The van der Waals surface area contributed by atoms with Gasteiger partial charge in [-0.25, -0.2) is 0 Å². The van der Waals surface area contributed by atoms with Crippen LogP contribution >= 0.6 is 0 Å². The fourth-order valence-electron chi connectivity index (χ4n) is 2.64. The van der Waals surface area contributed by atoms with Gasteiger partial charge < -0.3 is 14.8 Å². The molecular weight excluding hydrogens is 292 g/mol. The second kappa shape index (κ2) is 8.31. The normalized spacial score (nSPS) is 15.6. The third-order valence-electron chi connectivity index (χ3n) is 4.04. The van der Waals surface area contributed by atoms with Crippen molar-refractivity contribution in [2.45, 2.75) is 39.2 Å². The molecule has 0 bridgehead atoms. The highest BCUT2D eigenvalue weighted by Gasteiger charge is 2.27. The van der Waals surface area contributed by atoms with Gasteiger partial charge in [0.1, 0.15) is 18.0 Å². The lowest BCUT2D eigenvalue weighted by atomic mass is 10.1. The molecule has 1 aliphatic heterocycles. The number of anilines is 1. The Balaban J connectivity index is 1.78. The van der Waals surface area contributed by atoms with Crippen LogP contribution in [-0.2, 0) is 9.53 Å². The summed E-state index contributed by atoms with van der Waals surface area (Å²) in [6.45, 7) is 9.95. The summed E-state index contributed by atoms with van der Waals surface area (Å²) in [5.41, 5.74) is -0.0886. The van der Waals surface area contributed by atoms with Crippen molar-refractivity contribution >= 4 is 11.6 Å². The number of ether oxygens (including phenoxy) is 2. The molecule has 128 valence electrons. The average molecular weight is 320 g/mol. The highest BCUT2D eigenvalue weighted by Crippen LogP contribution is 2.18. The topological polar surface area (TPSA) is 50.8 Å². The van der Waals surface area contributed by atoms with Crippen molar-refractivity contribution in [2.75, 3.05) is 38.2 Å². The zero-order chi connectivity index (χ0) is 16.7. The standard InChI is InChI=1S/C18H28N2O3/c1-4-23-18(2,3)17(21)19-15-7-9-16(10-8-15)22-14-13-20-11-5-6-12-20/h7-10H,4-6,11-14H2,1-3H3,(H,19,21). The molecule has 23 heavy (non-hydrogen) atoms. The lowest BCUT2D eigenvalue weighted by Crippen LogP contribution is -2.39.